The zero-order valence-electron chi connectivity index (χ0n) is 37.1. The Labute approximate surface area is 376 Å². The van der Waals surface area contributed by atoms with Crippen molar-refractivity contribution in [2.24, 2.45) is 5.16 Å². The van der Waals surface area contributed by atoms with Crippen LogP contribution in [0.4, 0.5) is 0 Å². The first-order valence-electron chi connectivity index (χ1n) is 20.5. The van der Waals surface area contributed by atoms with Crippen LogP contribution in [-0.2, 0) is 9.53 Å². The minimum Gasteiger partial charge on any atom is -0.465 e. The number of carbonyl (C=O) groups excluding carboxylic acids is 2. The van der Waals surface area contributed by atoms with Gasteiger partial charge in [0.1, 0.15) is 5.78 Å². The number of hydrogen-bond acceptors (Lipinski definition) is 7. The number of benzene rings is 6. The van der Waals surface area contributed by atoms with Crippen molar-refractivity contribution in [3.05, 3.63) is 230 Å². The number of aromatic amines is 1. The molecule has 1 aliphatic heterocycles. The minimum absolute atomic E-state index is 0.0686. The molecule has 7 aromatic rings. The molecule has 0 radical (unpaired) electrons. The first kappa shape index (κ1) is 48.6. The highest BCUT2D eigenvalue weighted by Crippen LogP contribution is 2.27. The van der Waals surface area contributed by atoms with Crippen LogP contribution in [0.5, 0.6) is 0 Å². The van der Waals surface area contributed by atoms with Crippen LogP contribution in [0.1, 0.15) is 62.6 Å². The lowest BCUT2D eigenvalue weighted by Gasteiger charge is -2.11. The molecule has 0 spiro atoms. The van der Waals surface area contributed by atoms with Gasteiger partial charge in [-0.25, -0.2) is 4.79 Å². The number of aromatic nitrogens is 1. The summed E-state index contributed by atoms with van der Waals surface area (Å²) in [6, 6.07) is 54.0. The topological polar surface area (TPSA) is 109 Å². The van der Waals surface area contributed by atoms with E-state index in [0.29, 0.717) is 29.2 Å². The average Bonchev–Trinajstić information content (AvgIpc) is 3.31. The maximum atomic E-state index is 11.3. The fraction of sp³-hybridized carbons (Fsp3) is 0.164. The molecule has 8 heteroatoms. The third-order valence-corrected chi connectivity index (χ3v) is 10.6. The third kappa shape index (κ3) is 17.1. The van der Waals surface area contributed by atoms with E-state index < -0.39 is 0 Å². The lowest BCUT2D eigenvalue weighted by molar-refractivity contribution is -0.115. The summed E-state index contributed by atoms with van der Waals surface area (Å²) in [6.45, 7) is 12.0. The number of oxime groups is 1. The number of rotatable bonds is 5. The zero-order chi connectivity index (χ0) is 45.6. The largest absolute Gasteiger partial charge is 0.465 e. The Hall–Kier alpha value is -7.03. The SMILES string of the molecule is C/C(=N\O)c1ccc(C)cc1.COC(=O)c1ccc(C)cc1.Cc1ccc(-c2ccc(=O)[nH]c2)cc1.Cc1ccc(-c2ccccc2)cc1.Cc1ccc(C2=CSCC(=O)C2)cc1. The molecule has 0 bridgehead atoms. The number of esters is 1. The van der Waals surface area contributed by atoms with Crippen LogP contribution in [0.3, 0.4) is 0 Å². The summed E-state index contributed by atoms with van der Waals surface area (Å²) in [5.74, 6) is 0.674. The summed E-state index contributed by atoms with van der Waals surface area (Å²) in [5.41, 5.74) is 15.3. The molecule has 0 saturated heterocycles. The number of hydrogen-bond donors (Lipinski definition) is 2. The lowest BCUT2D eigenvalue weighted by atomic mass is 10.0. The molecular weight excluding hydrogens is 801 g/mol. The number of carbonyl (C=O) groups is 2. The van der Waals surface area contributed by atoms with Gasteiger partial charge in [0, 0.05) is 18.7 Å². The summed E-state index contributed by atoms with van der Waals surface area (Å²) in [7, 11) is 1.38. The number of aryl methyl sites for hydroxylation is 5. The van der Waals surface area contributed by atoms with E-state index >= 15 is 0 Å². The highest BCUT2D eigenvalue weighted by Gasteiger charge is 2.13. The molecule has 2 N–H and O–H groups in total. The van der Waals surface area contributed by atoms with Gasteiger partial charge in [0.05, 0.1) is 24.1 Å². The maximum absolute atomic E-state index is 11.3. The fourth-order valence-electron chi connectivity index (χ4n) is 5.85. The van der Waals surface area contributed by atoms with E-state index in [9.17, 15) is 14.4 Å². The maximum Gasteiger partial charge on any atom is 0.337 e. The number of H-pyrrole nitrogens is 1. The second-order valence-electron chi connectivity index (χ2n) is 15.0. The number of methoxy groups -OCH3 is 1. The Morgan fingerprint density at radius 2 is 0.968 bits per heavy atom. The average molecular weight is 857 g/mol. The van der Waals surface area contributed by atoms with Crippen LogP contribution in [0.2, 0.25) is 0 Å². The van der Waals surface area contributed by atoms with Crippen LogP contribution < -0.4 is 5.56 Å². The Morgan fingerprint density at radius 1 is 0.556 bits per heavy atom. The molecule has 0 fully saturated rings. The number of nitrogens with one attached hydrogen (secondary N) is 1. The van der Waals surface area contributed by atoms with Gasteiger partial charge >= 0.3 is 5.97 Å². The smallest absolute Gasteiger partial charge is 0.337 e. The molecule has 0 saturated carbocycles. The highest BCUT2D eigenvalue weighted by atomic mass is 32.2. The summed E-state index contributed by atoms with van der Waals surface area (Å²) in [4.78, 5) is 35.7. The van der Waals surface area contributed by atoms with E-state index in [-0.39, 0.29) is 11.5 Å². The van der Waals surface area contributed by atoms with Crippen molar-refractivity contribution in [3.8, 4) is 22.3 Å². The first-order chi connectivity index (χ1) is 30.3. The number of ether oxygens (including phenoxy) is 1. The van der Waals surface area contributed by atoms with Crippen molar-refractivity contribution in [2.45, 2.75) is 48.0 Å². The molecule has 1 aromatic heterocycles. The summed E-state index contributed by atoms with van der Waals surface area (Å²) in [6.07, 6.45) is 2.32. The van der Waals surface area contributed by atoms with Crippen LogP contribution in [0, 0.1) is 34.6 Å². The first-order valence-corrected chi connectivity index (χ1v) is 21.6. The van der Waals surface area contributed by atoms with E-state index in [2.05, 4.69) is 126 Å². The number of Topliss-reactive ketones (excluding diaryl/α,β-unsaturated/α-hetero) is 1. The van der Waals surface area contributed by atoms with Gasteiger partial charge in [-0.05, 0) is 104 Å². The molecule has 0 unspecified atom stereocenters. The zero-order valence-corrected chi connectivity index (χ0v) is 37.9. The Balaban J connectivity index is 0.000000174. The molecule has 0 aliphatic carbocycles. The number of ketones is 1. The van der Waals surface area contributed by atoms with Gasteiger partial charge in [-0.3, -0.25) is 9.59 Å². The van der Waals surface area contributed by atoms with Crippen molar-refractivity contribution in [1.29, 1.82) is 0 Å². The van der Waals surface area contributed by atoms with Crippen molar-refractivity contribution in [3.63, 3.8) is 0 Å². The standard InChI is InChI=1S/C13H12.C12H11NO.C12H12OS.C9H11NO.C9H10O2/c1-11-7-9-13(10-8-11)12-5-3-2-4-6-12;1-9-2-4-10(5-3-9)11-6-7-12(14)13-8-11;1-9-2-4-10(5-3-9)11-6-12(13)8-14-7-11;1-7-3-5-9(6-4-7)8(2)10-11;1-7-3-5-8(6-4-7)9(10)11-2/h2-10H,1H3;2-8H,1H3,(H,13,14);2-5,7H,6,8H2,1H3;3-6,11H,1-2H3;3-6H,1-2H3/b;;;10-8+;. The normalized spacial score (nSPS) is 11.6. The minimum atomic E-state index is -0.287. The van der Waals surface area contributed by atoms with Gasteiger partial charge in [-0.15, -0.1) is 11.8 Å². The Morgan fingerprint density at radius 3 is 1.40 bits per heavy atom. The van der Waals surface area contributed by atoms with E-state index in [1.165, 1.54) is 52.1 Å². The molecule has 2 heterocycles. The summed E-state index contributed by atoms with van der Waals surface area (Å²) in [5, 5.41) is 13.7. The van der Waals surface area contributed by atoms with Gasteiger partial charge in [0.15, 0.2) is 0 Å². The van der Waals surface area contributed by atoms with Gasteiger partial charge < -0.3 is 14.9 Å². The third-order valence-electron chi connectivity index (χ3n) is 9.70. The molecule has 63 heavy (non-hydrogen) atoms. The van der Waals surface area contributed by atoms with Crippen molar-refractivity contribution >= 4 is 34.8 Å². The second kappa shape index (κ2) is 25.7. The van der Waals surface area contributed by atoms with E-state index in [0.717, 1.165) is 27.8 Å². The van der Waals surface area contributed by atoms with Crippen LogP contribution in [-0.4, -0.2) is 40.5 Å². The molecule has 322 valence electrons. The monoisotopic (exact) mass is 856 g/mol. The molecule has 0 amide bonds. The van der Waals surface area contributed by atoms with Gasteiger partial charge in [-0.1, -0.05) is 172 Å². The molecule has 0 atom stereocenters. The lowest BCUT2D eigenvalue weighted by Crippen LogP contribution is -2.05. The second-order valence-corrected chi connectivity index (χ2v) is 15.8. The van der Waals surface area contributed by atoms with E-state index in [4.69, 9.17) is 5.21 Å². The Bertz CT molecular complexity index is 2580. The Kier molecular flexibility index (Phi) is 19.8. The number of nitrogens with zero attached hydrogens (tertiary/aromatic N) is 1. The van der Waals surface area contributed by atoms with Gasteiger partial charge in [0.2, 0.25) is 5.56 Å². The molecule has 8 rings (SSSR count). The van der Waals surface area contributed by atoms with Gasteiger partial charge in [0.25, 0.3) is 0 Å². The predicted octanol–water partition coefficient (Wildman–Crippen LogP) is 13.0. The van der Waals surface area contributed by atoms with Crippen molar-refractivity contribution in [1.82, 2.24) is 4.98 Å². The fourth-order valence-corrected chi connectivity index (χ4v) is 6.64. The quantitative estimate of drug-likeness (QED) is 0.0772. The summed E-state index contributed by atoms with van der Waals surface area (Å²) >= 11 is 1.60. The van der Waals surface area contributed by atoms with E-state index in [1.54, 1.807) is 37.0 Å². The predicted molar refractivity (Wildman–Crippen MR) is 263 cm³/mol. The van der Waals surface area contributed by atoms with Gasteiger partial charge in [-0.2, -0.15) is 0 Å². The molecule has 6 aromatic carbocycles. The van der Waals surface area contributed by atoms with Crippen molar-refractivity contribution in [2.75, 3.05) is 12.9 Å². The number of pyridine rings is 1. The molecule has 7 nitrogen and oxygen atoms in total. The van der Waals surface area contributed by atoms with Crippen LogP contribution in [0.15, 0.2) is 185 Å². The molecular formula is C55H56N2O5S. The van der Waals surface area contributed by atoms with E-state index in [1.807, 2.05) is 74.5 Å². The number of allylic oxidation sites excluding steroid dienone is 1. The van der Waals surface area contributed by atoms with Crippen molar-refractivity contribution < 1.29 is 19.5 Å². The number of thioether (sulfide) groups is 1. The summed E-state index contributed by atoms with van der Waals surface area (Å²) < 4.78 is 4.54. The molecule has 1 aliphatic rings. The highest BCUT2D eigenvalue weighted by molar-refractivity contribution is 8.03. The van der Waals surface area contributed by atoms with Crippen LogP contribution >= 0.6 is 11.8 Å². The van der Waals surface area contributed by atoms with Crippen LogP contribution in [0.25, 0.3) is 27.8 Å².